The maximum absolute atomic E-state index is 6.20. The minimum atomic E-state index is -0.390. The van der Waals surface area contributed by atoms with E-state index in [1.54, 1.807) is 0 Å². The smallest absolute Gasteiger partial charge is 0.164 e. The Kier molecular flexibility index (Phi) is 7.36. The van der Waals surface area contributed by atoms with E-state index < -0.39 is 0 Å². The van der Waals surface area contributed by atoms with Crippen LogP contribution in [0.1, 0.15) is 22.3 Å². The van der Waals surface area contributed by atoms with Gasteiger partial charge in [-0.3, -0.25) is 0 Å². The van der Waals surface area contributed by atoms with Gasteiger partial charge in [0.15, 0.2) is 17.5 Å². The normalized spacial score (nSPS) is 13.2. The van der Waals surface area contributed by atoms with Gasteiger partial charge in [0.2, 0.25) is 0 Å². The van der Waals surface area contributed by atoms with E-state index in [1.807, 2.05) is 60.7 Å². The van der Waals surface area contributed by atoms with Gasteiger partial charge in [0.1, 0.15) is 22.3 Å². The van der Waals surface area contributed by atoms with Crippen molar-refractivity contribution in [3.63, 3.8) is 0 Å². The lowest BCUT2D eigenvalue weighted by Crippen LogP contribution is -2.25. The molecule has 15 rings (SSSR count). The highest BCUT2D eigenvalue weighted by molar-refractivity contribution is 6.08. The van der Waals surface area contributed by atoms with E-state index in [4.69, 9.17) is 23.8 Å². The standard InChI is InChI=1S/C62H35N3O2/c1-6-18-50-43(12-1)44-13-2-7-19-51(44)62(50)52-20-8-3-16-47(52)58-42(17-11-21-53(58)62)38-26-24-37-33-39(27-25-36(37)32-38)59-63-60(40-28-30-56-48(34-40)45-14-4-9-22-54(45)66-56)65-61(64-59)41-29-31-57-49(35-41)46-15-5-10-23-55(46)67-57/h1-35H. The van der Waals surface area contributed by atoms with E-state index in [9.17, 15) is 0 Å². The zero-order valence-corrected chi connectivity index (χ0v) is 35.9. The molecule has 2 aliphatic carbocycles. The monoisotopic (exact) mass is 853 g/mol. The maximum Gasteiger partial charge on any atom is 0.164 e. The summed E-state index contributed by atoms with van der Waals surface area (Å²) in [5.41, 5.74) is 18.6. The van der Waals surface area contributed by atoms with Crippen LogP contribution in [0.4, 0.5) is 0 Å². The van der Waals surface area contributed by atoms with Crippen molar-refractivity contribution in [2.24, 2.45) is 0 Å². The number of nitrogens with zero attached hydrogens (tertiary/aromatic N) is 3. The summed E-state index contributed by atoms with van der Waals surface area (Å²) < 4.78 is 12.4. The summed E-state index contributed by atoms with van der Waals surface area (Å²) in [7, 11) is 0. The van der Waals surface area contributed by atoms with Gasteiger partial charge in [-0.2, -0.15) is 0 Å². The Balaban J connectivity index is 0.876. The molecule has 3 heterocycles. The lowest BCUT2D eigenvalue weighted by atomic mass is 9.70. The Hall–Kier alpha value is -8.93. The summed E-state index contributed by atoms with van der Waals surface area (Å²) in [5, 5.41) is 6.39. The summed E-state index contributed by atoms with van der Waals surface area (Å²) in [4.78, 5) is 15.6. The molecule has 3 aromatic heterocycles. The quantitative estimate of drug-likeness (QED) is 0.176. The lowest BCUT2D eigenvalue weighted by Gasteiger charge is -2.30. The Morgan fingerprint density at radius 3 is 1.27 bits per heavy atom. The second-order valence-corrected chi connectivity index (χ2v) is 17.8. The van der Waals surface area contributed by atoms with Crippen molar-refractivity contribution in [3.05, 3.63) is 235 Å². The molecule has 2 aliphatic rings. The third-order valence-corrected chi connectivity index (χ3v) is 14.3. The highest BCUT2D eigenvalue weighted by Gasteiger charge is 2.52. The van der Waals surface area contributed by atoms with Gasteiger partial charge in [0.05, 0.1) is 5.41 Å². The number of fused-ring (bicyclic) bond motifs is 17. The fourth-order valence-electron chi connectivity index (χ4n) is 11.4. The number of para-hydroxylation sites is 2. The highest BCUT2D eigenvalue weighted by atomic mass is 16.3. The summed E-state index contributed by atoms with van der Waals surface area (Å²) in [6.45, 7) is 0. The molecule has 0 amide bonds. The molecule has 0 fully saturated rings. The zero-order chi connectivity index (χ0) is 43.8. The molecule has 13 aromatic rings. The van der Waals surface area contributed by atoms with Crippen molar-refractivity contribution in [1.29, 1.82) is 0 Å². The first-order valence-electron chi connectivity index (χ1n) is 22.7. The van der Waals surface area contributed by atoms with Crippen LogP contribution in [-0.2, 0) is 5.41 Å². The molecule has 0 bridgehead atoms. The van der Waals surface area contributed by atoms with Crippen molar-refractivity contribution in [1.82, 2.24) is 15.0 Å². The average Bonchev–Trinajstić information content (AvgIpc) is 4.13. The summed E-state index contributed by atoms with van der Waals surface area (Å²) in [6.07, 6.45) is 0. The van der Waals surface area contributed by atoms with Gasteiger partial charge in [-0.15, -0.1) is 0 Å². The van der Waals surface area contributed by atoms with E-state index in [0.29, 0.717) is 17.5 Å². The van der Waals surface area contributed by atoms with E-state index in [1.165, 1.54) is 55.6 Å². The van der Waals surface area contributed by atoms with Crippen LogP contribution in [0, 0.1) is 0 Å². The molecule has 0 aliphatic heterocycles. The van der Waals surface area contributed by atoms with Crippen LogP contribution >= 0.6 is 0 Å². The van der Waals surface area contributed by atoms with Crippen LogP contribution in [0.2, 0.25) is 0 Å². The maximum atomic E-state index is 6.20. The number of furan rings is 2. The van der Waals surface area contributed by atoms with E-state index in [2.05, 4.69) is 152 Å². The highest BCUT2D eigenvalue weighted by Crippen LogP contribution is 2.64. The fourth-order valence-corrected chi connectivity index (χ4v) is 11.4. The Morgan fingerprint density at radius 2 is 0.687 bits per heavy atom. The van der Waals surface area contributed by atoms with Crippen molar-refractivity contribution in [3.8, 4) is 67.5 Å². The van der Waals surface area contributed by atoms with Gasteiger partial charge >= 0.3 is 0 Å². The summed E-state index contributed by atoms with van der Waals surface area (Å²) in [6, 6.07) is 75.9. The van der Waals surface area contributed by atoms with Gasteiger partial charge < -0.3 is 8.83 Å². The first-order chi connectivity index (χ1) is 33.2. The van der Waals surface area contributed by atoms with Crippen LogP contribution in [0.3, 0.4) is 0 Å². The minimum absolute atomic E-state index is 0.390. The number of rotatable bonds is 4. The first-order valence-corrected chi connectivity index (χ1v) is 22.7. The van der Waals surface area contributed by atoms with Crippen LogP contribution in [-0.4, -0.2) is 15.0 Å². The number of hydrogen-bond donors (Lipinski definition) is 0. The Morgan fingerprint density at radius 1 is 0.284 bits per heavy atom. The number of benzene rings is 10. The molecule has 1 spiro atoms. The van der Waals surface area contributed by atoms with Gasteiger partial charge in [-0.25, -0.2) is 15.0 Å². The first kappa shape index (κ1) is 36.4. The third-order valence-electron chi connectivity index (χ3n) is 14.3. The van der Waals surface area contributed by atoms with E-state index in [-0.39, 0.29) is 5.41 Å². The van der Waals surface area contributed by atoms with E-state index >= 15 is 0 Å². The second-order valence-electron chi connectivity index (χ2n) is 17.8. The van der Waals surface area contributed by atoms with Crippen LogP contribution in [0.5, 0.6) is 0 Å². The zero-order valence-electron chi connectivity index (χ0n) is 35.9. The van der Waals surface area contributed by atoms with Crippen LogP contribution < -0.4 is 0 Å². The van der Waals surface area contributed by atoms with Crippen molar-refractivity contribution >= 4 is 54.6 Å². The number of hydrogen-bond acceptors (Lipinski definition) is 5. The van der Waals surface area contributed by atoms with Crippen molar-refractivity contribution in [2.45, 2.75) is 5.41 Å². The predicted octanol–water partition coefficient (Wildman–Crippen LogP) is 15.8. The van der Waals surface area contributed by atoms with Gasteiger partial charge in [0, 0.05) is 38.2 Å². The molecule has 310 valence electrons. The molecule has 0 unspecified atom stereocenters. The molecular weight excluding hydrogens is 819 g/mol. The number of aromatic nitrogens is 3. The molecule has 0 radical (unpaired) electrons. The lowest BCUT2D eigenvalue weighted by molar-refractivity contribution is 0.668. The molecule has 0 N–H and O–H groups in total. The summed E-state index contributed by atoms with van der Waals surface area (Å²) >= 11 is 0. The Bertz CT molecular complexity index is 4070. The van der Waals surface area contributed by atoms with Gasteiger partial charge in [-0.05, 0) is 127 Å². The Labute approximate surface area is 384 Å². The third kappa shape index (κ3) is 5.11. The molecule has 0 atom stereocenters. The van der Waals surface area contributed by atoms with Crippen molar-refractivity contribution in [2.75, 3.05) is 0 Å². The van der Waals surface area contributed by atoms with Crippen LogP contribution in [0.15, 0.2) is 221 Å². The largest absolute Gasteiger partial charge is 0.456 e. The van der Waals surface area contributed by atoms with Gasteiger partial charge in [-0.1, -0.05) is 152 Å². The SMILES string of the molecule is c1ccc2c(c1)-c1ccccc1C21c2ccccc2-c2c(-c3ccc4cc(-c5nc(-c6ccc7oc8ccccc8c7c6)nc(-c6ccc7oc8ccccc8c7c6)n5)ccc4c3)cccc21. The van der Waals surface area contributed by atoms with Crippen molar-refractivity contribution < 1.29 is 8.83 Å². The van der Waals surface area contributed by atoms with Crippen LogP contribution in [0.25, 0.3) is 122 Å². The molecule has 10 aromatic carbocycles. The summed E-state index contributed by atoms with van der Waals surface area (Å²) in [5.74, 6) is 1.77. The molecular formula is C62H35N3O2. The minimum Gasteiger partial charge on any atom is -0.456 e. The van der Waals surface area contributed by atoms with Gasteiger partial charge in [0.25, 0.3) is 0 Å². The fraction of sp³-hybridized carbons (Fsp3) is 0.0161. The molecule has 5 nitrogen and oxygen atoms in total. The molecule has 0 saturated carbocycles. The molecule has 67 heavy (non-hydrogen) atoms. The topological polar surface area (TPSA) is 65.0 Å². The average molecular weight is 854 g/mol. The molecule has 0 saturated heterocycles. The molecule has 5 heteroatoms. The van der Waals surface area contributed by atoms with E-state index in [0.717, 1.165) is 71.3 Å². The predicted molar refractivity (Wildman–Crippen MR) is 270 cm³/mol. The second kappa shape index (κ2) is 13.6.